The number of carbonyl (C=O) groups is 2. The van der Waals surface area contributed by atoms with Gasteiger partial charge in [-0.15, -0.1) is 11.8 Å². The number of carbonyl (C=O) groups excluding carboxylic acids is 1. The molecule has 0 aliphatic carbocycles. The minimum atomic E-state index is -1.05. The summed E-state index contributed by atoms with van der Waals surface area (Å²) in [5.74, 6) is -0.921. The fourth-order valence-corrected chi connectivity index (χ4v) is 2.62. The number of nitrogens with one attached hydrogen (secondary N) is 1. The molecule has 7 heteroatoms. The molecule has 1 amide bonds. The van der Waals surface area contributed by atoms with Crippen molar-refractivity contribution < 1.29 is 19.4 Å². The van der Waals surface area contributed by atoms with Gasteiger partial charge in [0.15, 0.2) is 0 Å². The molecule has 1 saturated heterocycles. The van der Waals surface area contributed by atoms with Crippen LogP contribution in [-0.4, -0.2) is 52.8 Å². The lowest BCUT2D eigenvalue weighted by atomic mass is 10.1. The van der Waals surface area contributed by atoms with Crippen LogP contribution in [0, 0.1) is 0 Å². The molecule has 0 radical (unpaired) electrons. The second-order valence-electron chi connectivity index (χ2n) is 5.16. The molecule has 110 valence electrons. The fourth-order valence-electron chi connectivity index (χ4n) is 1.75. The minimum Gasteiger partial charge on any atom is -0.480 e. The standard InChI is InChI=1S/C12H22N2O4S/c1-12(2,10(13)11(16)17)19-7-9(15)14-8-3-5-18-6-4-8/h8,10H,3-7,13H2,1-2H3,(H,14,15)(H,16,17)/t10-/m1/s1. The van der Waals surface area contributed by atoms with Gasteiger partial charge in [0.1, 0.15) is 6.04 Å². The molecule has 0 aromatic carbocycles. The third-order valence-electron chi connectivity index (χ3n) is 3.18. The van der Waals surface area contributed by atoms with E-state index in [-0.39, 0.29) is 17.7 Å². The molecule has 1 aliphatic rings. The molecule has 1 rings (SSSR count). The molecular formula is C12H22N2O4S. The number of aliphatic carboxylic acids is 1. The maximum absolute atomic E-state index is 11.8. The van der Waals surface area contributed by atoms with Crippen LogP contribution in [0.2, 0.25) is 0 Å². The van der Waals surface area contributed by atoms with Crippen LogP contribution < -0.4 is 11.1 Å². The van der Waals surface area contributed by atoms with Crippen LogP contribution in [0.5, 0.6) is 0 Å². The van der Waals surface area contributed by atoms with Crippen molar-refractivity contribution in [2.75, 3.05) is 19.0 Å². The van der Waals surface area contributed by atoms with E-state index in [0.717, 1.165) is 12.8 Å². The maximum Gasteiger partial charge on any atom is 0.321 e. The topological polar surface area (TPSA) is 102 Å². The first-order chi connectivity index (χ1) is 8.83. The Kier molecular flexibility index (Phi) is 6.09. The van der Waals surface area contributed by atoms with Crippen LogP contribution in [0.1, 0.15) is 26.7 Å². The number of thioether (sulfide) groups is 1. The zero-order valence-corrected chi connectivity index (χ0v) is 12.2. The molecule has 1 atom stereocenters. The highest BCUT2D eigenvalue weighted by molar-refractivity contribution is 8.01. The smallest absolute Gasteiger partial charge is 0.321 e. The van der Waals surface area contributed by atoms with Crippen molar-refractivity contribution in [3.05, 3.63) is 0 Å². The van der Waals surface area contributed by atoms with E-state index in [2.05, 4.69) is 5.32 Å². The number of carboxylic acid groups (broad SMARTS) is 1. The summed E-state index contributed by atoms with van der Waals surface area (Å²) in [4.78, 5) is 22.6. The van der Waals surface area contributed by atoms with E-state index in [9.17, 15) is 9.59 Å². The SMILES string of the molecule is CC(C)(SCC(=O)NC1CCOCC1)[C@H](N)C(=O)O. The number of ether oxygens (including phenoxy) is 1. The zero-order chi connectivity index (χ0) is 14.5. The molecule has 0 unspecified atom stereocenters. The Morgan fingerprint density at radius 2 is 2.05 bits per heavy atom. The van der Waals surface area contributed by atoms with E-state index < -0.39 is 16.8 Å². The summed E-state index contributed by atoms with van der Waals surface area (Å²) in [6, 6.07) is -0.827. The van der Waals surface area contributed by atoms with Gasteiger partial charge in [0, 0.05) is 24.0 Å². The fraction of sp³-hybridized carbons (Fsp3) is 0.833. The van der Waals surface area contributed by atoms with Crippen molar-refractivity contribution in [2.45, 2.75) is 43.5 Å². The average Bonchev–Trinajstić information content (AvgIpc) is 2.36. The van der Waals surface area contributed by atoms with Crippen molar-refractivity contribution in [3.8, 4) is 0 Å². The van der Waals surface area contributed by atoms with Crippen LogP contribution in [0.15, 0.2) is 0 Å². The minimum absolute atomic E-state index is 0.0810. The Bertz CT molecular complexity index is 330. The number of hydrogen-bond donors (Lipinski definition) is 3. The summed E-state index contributed by atoms with van der Waals surface area (Å²) in [6.45, 7) is 4.82. The van der Waals surface area contributed by atoms with Crippen LogP contribution in [0.3, 0.4) is 0 Å². The maximum atomic E-state index is 11.8. The molecule has 0 saturated carbocycles. The molecule has 19 heavy (non-hydrogen) atoms. The van der Waals surface area contributed by atoms with Gasteiger partial charge in [0.05, 0.1) is 5.75 Å². The van der Waals surface area contributed by atoms with Gasteiger partial charge in [-0.25, -0.2) is 0 Å². The van der Waals surface area contributed by atoms with Crippen LogP contribution in [-0.2, 0) is 14.3 Å². The zero-order valence-electron chi connectivity index (χ0n) is 11.3. The molecule has 4 N–H and O–H groups in total. The Morgan fingerprint density at radius 1 is 1.47 bits per heavy atom. The highest BCUT2D eigenvalue weighted by atomic mass is 32.2. The van der Waals surface area contributed by atoms with Crippen LogP contribution in [0.25, 0.3) is 0 Å². The highest BCUT2D eigenvalue weighted by Crippen LogP contribution is 2.27. The number of rotatable bonds is 6. The van der Waals surface area contributed by atoms with Crippen LogP contribution in [0.4, 0.5) is 0 Å². The highest BCUT2D eigenvalue weighted by Gasteiger charge is 2.33. The van der Waals surface area contributed by atoms with Crippen LogP contribution >= 0.6 is 11.8 Å². The summed E-state index contributed by atoms with van der Waals surface area (Å²) >= 11 is 1.26. The second-order valence-corrected chi connectivity index (χ2v) is 6.79. The van der Waals surface area contributed by atoms with Gasteiger partial charge >= 0.3 is 5.97 Å². The van der Waals surface area contributed by atoms with E-state index in [1.54, 1.807) is 13.8 Å². The monoisotopic (exact) mass is 290 g/mol. The predicted molar refractivity (Wildman–Crippen MR) is 74.1 cm³/mol. The lowest BCUT2D eigenvalue weighted by Gasteiger charge is -2.28. The summed E-state index contributed by atoms with van der Waals surface area (Å²) < 4.78 is 4.53. The number of amides is 1. The number of hydrogen-bond acceptors (Lipinski definition) is 5. The van der Waals surface area contributed by atoms with Crippen molar-refractivity contribution in [2.24, 2.45) is 5.73 Å². The Balaban J connectivity index is 2.34. The molecule has 1 heterocycles. The Morgan fingerprint density at radius 3 is 2.58 bits per heavy atom. The van der Waals surface area contributed by atoms with Gasteiger partial charge in [-0.2, -0.15) is 0 Å². The molecule has 0 spiro atoms. The van der Waals surface area contributed by atoms with E-state index >= 15 is 0 Å². The van der Waals surface area contributed by atoms with E-state index in [1.165, 1.54) is 11.8 Å². The molecule has 0 bridgehead atoms. The Hall–Kier alpha value is -0.790. The molecule has 1 aliphatic heterocycles. The summed E-state index contributed by atoms with van der Waals surface area (Å²) in [5, 5.41) is 11.8. The van der Waals surface area contributed by atoms with Gasteiger partial charge in [-0.3, -0.25) is 9.59 Å². The number of nitrogens with two attached hydrogens (primary N) is 1. The second kappa shape index (κ2) is 7.12. The Labute approximate surface area is 117 Å². The normalized spacial score (nSPS) is 18.9. The largest absolute Gasteiger partial charge is 0.480 e. The van der Waals surface area contributed by atoms with Gasteiger partial charge < -0.3 is 20.9 Å². The average molecular weight is 290 g/mol. The van der Waals surface area contributed by atoms with Gasteiger partial charge in [-0.1, -0.05) is 0 Å². The van der Waals surface area contributed by atoms with E-state index in [0.29, 0.717) is 13.2 Å². The molecule has 6 nitrogen and oxygen atoms in total. The third-order valence-corrected chi connectivity index (χ3v) is 4.58. The molecule has 1 fully saturated rings. The van der Waals surface area contributed by atoms with Gasteiger partial charge in [0.25, 0.3) is 0 Å². The summed E-state index contributed by atoms with van der Waals surface area (Å²) in [7, 11) is 0. The van der Waals surface area contributed by atoms with Crippen molar-refractivity contribution in [1.29, 1.82) is 0 Å². The summed E-state index contributed by atoms with van der Waals surface area (Å²) in [6.07, 6.45) is 1.66. The first kappa shape index (κ1) is 16.3. The van der Waals surface area contributed by atoms with E-state index in [4.69, 9.17) is 15.6 Å². The third kappa shape index (κ3) is 5.38. The summed E-state index contributed by atoms with van der Waals surface area (Å²) in [5.41, 5.74) is 5.60. The van der Waals surface area contributed by atoms with Gasteiger partial charge in [-0.05, 0) is 26.7 Å². The van der Waals surface area contributed by atoms with Crippen molar-refractivity contribution in [3.63, 3.8) is 0 Å². The molecule has 0 aromatic heterocycles. The first-order valence-electron chi connectivity index (χ1n) is 6.32. The predicted octanol–water partition coefficient (Wildman–Crippen LogP) is 0.205. The van der Waals surface area contributed by atoms with Gasteiger partial charge in [0.2, 0.25) is 5.91 Å². The molecular weight excluding hydrogens is 268 g/mol. The van der Waals surface area contributed by atoms with E-state index in [1.807, 2.05) is 0 Å². The lowest BCUT2D eigenvalue weighted by Crippen LogP contribution is -2.48. The quantitative estimate of drug-likeness (QED) is 0.646. The lowest BCUT2D eigenvalue weighted by molar-refractivity contribution is -0.139. The molecule has 0 aromatic rings. The van der Waals surface area contributed by atoms with Crippen molar-refractivity contribution >= 4 is 23.6 Å². The number of carboxylic acids is 1. The van der Waals surface area contributed by atoms with Crippen molar-refractivity contribution in [1.82, 2.24) is 5.32 Å². The first-order valence-corrected chi connectivity index (χ1v) is 7.31.